The molecule has 0 saturated carbocycles. The molecule has 1 aliphatic rings. The quantitative estimate of drug-likeness (QED) is 0.190. The molecule has 4 heterocycles. The molecule has 0 spiro atoms. The van der Waals surface area contributed by atoms with Gasteiger partial charge in [0.2, 0.25) is 5.95 Å². The van der Waals surface area contributed by atoms with Crippen molar-refractivity contribution in [2.75, 3.05) is 41.3 Å². The second-order valence-electron chi connectivity index (χ2n) is 11.7. The number of amides is 2. The fourth-order valence-electron chi connectivity index (χ4n) is 5.00. The molecule has 56 heavy (non-hydrogen) atoms. The van der Waals surface area contributed by atoms with Gasteiger partial charge in [0.1, 0.15) is 18.4 Å². The van der Waals surface area contributed by atoms with Crippen molar-refractivity contribution in [2.45, 2.75) is 30.1 Å². The second-order valence-corrected chi connectivity index (χ2v) is 16.1. The molecule has 1 saturated heterocycles. The third kappa shape index (κ3) is 11.1. The molecule has 19 nitrogen and oxygen atoms in total. The molecule has 0 bridgehead atoms. The maximum absolute atomic E-state index is 13.0. The van der Waals surface area contributed by atoms with E-state index in [1.807, 2.05) is 47.4 Å². The van der Waals surface area contributed by atoms with Gasteiger partial charge in [0, 0.05) is 42.6 Å². The molecule has 0 radical (unpaired) electrons. The topological polar surface area (TPSA) is 255 Å². The Kier molecular flexibility index (Phi) is 13.4. The lowest BCUT2D eigenvalue weighted by Crippen LogP contribution is -2.49. The van der Waals surface area contributed by atoms with Gasteiger partial charge in [-0.25, -0.2) is 36.4 Å². The van der Waals surface area contributed by atoms with Crippen molar-refractivity contribution in [1.82, 2.24) is 34.7 Å². The first-order chi connectivity index (χ1) is 26.7. The molecule has 22 heteroatoms. The number of aryl methyl sites for hydroxylation is 1. The average molecular weight is 822 g/mol. The van der Waals surface area contributed by atoms with E-state index in [9.17, 15) is 31.5 Å². The summed E-state index contributed by atoms with van der Waals surface area (Å²) < 4.78 is 54.6. The van der Waals surface area contributed by atoms with Gasteiger partial charge in [-0.1, -0.05) is 60.7 Å². The molecular formula is C34H32ClN11O8S2. The van der Waals surface area contributed by atoms with Crippen molar-refractivity contribution in [3.05, 3.63) is 114 Å². The number of rotatable bonds is 10. The molecule has 290 valence electrons. The van der Waals surface area contributed by atoms with Crippen LogP contribution in [0.2, 0.25) is 0 Å². The summed E-state index contributed by atoms with van der Waals surface area (Å²) >= 11 is 0. The number of ether oxygens (including phenoxy) is 1. The lowest BCUT2D eigenvalue weighted by atomic mass is 10.2. The molecule has 3 aromatic heterocycles. The fraction of sp³-hybridized carbons (Fsp3) is 0.206. The van der Waals surface area contributed by atoms with Crippen LogP contribution in [0, 0.1) is 18.3 Å². The minimum absolute atomic E-state index is 0.00965. The zero-order chi connectivity index (χ0) is 40.3. The Morgan fingerprint density at radius 3 is 2.04 bits per heavy atom. The summed E-state index contributed by atoms with van der Waals surface area (Å²) in [7, 11) is -2.75. The number of benzene rings is 2. The Labute approximate surface area is 325 Å². The van der Waals surface area contributed by atoms with Gasteiger partial charge in [-0.3, -0.25) is 10.2 Å². The number of nitrogens with one attached hydrogen (secondary N) is 1. The van der Waals surface area contributed by atoms with Gasteiger partial charge < -0.3 is 14.7 Å². The number of hydrogen-bond acceptors (Lipinski definition) is 15. The highest BCUT2D eigenvalue weighted by molar-refractivity contribution is 8.13. The van der Waals surface area contributed by atoms with Crippen LogP contribution in [-0.2, 0) is 37.0 Å². The van der Waals surface area contributed by atoms with E-state index in [0.717, 1.165) is 22.1 Å². The maximum Gasteiger partial charge on any atom is 0.413 e. The minimum atomic E-state index is -3.99. The van der Waals surface area contributed by atoms with Crippen LogP contribution < -0.4 is 15.1 Å². The van der Waals surface area contributed by atoms with Crippen LogP contribution in [-0.4, -0.2) is 95.0 Å². The third-order valence-electron chi connectivity index (χ3n) is 7.73. The molecule has 2 amide bonds. The van der Waals surface area contributed by atoms with Gasteiger partial charge in [0.25, 0.3) is 19.1 Å². The van der Waals surface area contributed by atoms with Crippen LogP contribution in [0.1, 0.15) is 22.5 Å². The van der Waals surface area contributed by atoms with Crippen LogP contribution in [0.15, 0.2) is 101 Å². The summed E-state index contributed by atoms with van der Waals surface area (Å²) in [6.45, 7) is 3.01. The van der Waals surface area contributed by atoms with Crippen LogP contribution >= 0.6 is 10.7 Å². The number of carbonyl (C=O) groups is 2. The minimum Gasteiger partial charge on any atom is -0.465 e. The lowest BCUT2D eigenvalue weighted by molar-refractivity contribution is 0.155. The number of nitrogens with zero attached hydrogens (tertiary/aromatic N) is 10. The van der Waals surface area contributed by atoms with E-state index in [4.69, 9.17) is 20.7 Å². The van der Waals surface area contributed by atoms with Crippen molar-refractivity contribution in [3.63, 3.8) is 0 Å². The summed E-state index contributed by atoms with van der Waals surface area (Å²) in [6.07, 6.45) is -1.96. The van der Waals surface area contributed by atoms with Crippen molar-refractivity contribution >= 4 is 59.5 Å². The van der Waals surface area contributed by atoms with E-state index in [2.05, 4.69) is 35.7 Å². The Balaban J connectivity index is 0.000000244. The molecule has 6 rings (SSSR count). The van der Waals surface area contributed by atoms with Crippen LogP contribution in [0.25, 0.3) is 0 Å². The van der Waals surface area contributed by atoms with Gasteiger partial charge >= 0.3 is 12.2 Å². The highest BCUT2D eigenvalue weighted by Crippen LogP contribution is 2.20. The monoisotopic (exact) mass is 821 g/mol. The van der Waals surface area contributed by atoms with Crippen molar-refractivity contribution in [2.24, 2.45) is 0 Å². The molecular weight excluding hydrogens is 790 g/mol. The molecule has 2 N–H and O–H groups in total. The van der Waals surface area contributed by atoms with E-state index in [1.165, 1.54) is 22.5 Å². The van der Waals surface area contributed by atoms with Crippen molar-refractivity contribution < 1.29 is 36.3 Å². The number of carbonyl (C=O) groups excluding carboxylic acids is 1. The number of halogens is 1. The summed E-state index contributed by atoms with van der Waals surface area (Å²) in [5.74, 6) is 0.472. The number of carboxylic acid groups (broad SMARTS) is 1. The fourth-order valence-corrected chi connectivity index (χ4v) is 6.91. The summed E-state index contributed by atoms with van der Waals surface area (Å²) in [5.41, 5.74) is 2.51. The van der Waals surface area contributed by atoms with Crippen LogP contribution in [0.5, 0.6) is 0 Å². The Bertz CT molecular complexity index is 2400. The number of aromatic nitrogens is 6. The Hall–Kier alpha value is -6.34. The summed E-state index contributed by atoms with van der Waals surface area (Å²) in [5, 5.41) is 34.7. The molecule has 0 unspecified atom stereocenters. The normalized spacial score (nSPS) is 13.1. The molecule has 2 aromatic carbocycles. The SMILES string of the molecule is Cc1cc(C#N)nc(N2CCN(S(=O)(=O)c3ccc(NC(=O)OCc4ccccc4)nn3)CC2)n1.O=C(O)N(Cc1ccccc1)c1ccc(S(=O)(=O)Cl)nn1. The van der Waals surface area contributed by atoms with E-state index in [1.54, 1.807) is 37.3 Å². The van der Waals surface area contributed by atoms with E-state index >= 15 is 0 Å². The zero-order valence-electron chi connectivity index (χ0n) is 29.4. The van der Waals surface area contributed by atoms with Crippen LogP contribution in [0.3, 0.4) is 0 Å². The van der Waals surface area contributed by atoms with Crippen molar-refractivity contribution in [3.8, 4) is 6.07 Å². The smallest absolute Gasteiger partial charge is 0.413 e. The second kappa shape index (κ2) is 18.3. The maximum atomic E-state index is 13.0. The lowest BCUT2D eigenvalue weighted by Gasteiger charge is -2.33. The zero-order valence-corrected chi connectivity index (χ0v) is 31.8. The standard InChI is InChI=1S/C22H22N8O4S.C12H10ClN3O4S/c1-16-13-18(14-23)25-21(24-16)29-9-11-30(12-10-29)35(32,33)20-8-7-19(27-28-20)26-22(31)34-15-17-5-3-2-4-6-17;13-21(19,20)11-7-6-10(14-15-11)16(12(17)18)8-9-4-2-1-3-5-9/h2-8,13H,9-12,15H2,1H3,(H,26,27,31);1-7H,8H2,(H,17,18). The Morgan fingerprint density at radius 1 is 0.857 bits per heavy atom. The number of hydrogen-bond donors (Lipinski definition) is 2. The average Bonchev–Trinajstić information content (AvgIpc) is 3.20. The van der Waals surface area contributed by atoms with Gasteiger partial charge in [0.15, 0.2) is 21.7 Å². The van der Waals surface area contributed by atoms with E-state index < -0.39 is 36.3 Å². The van der Waals surface area contributed by atoms with Gasteiger partial charge in [0.05, 0.1) is 6.54 Å². The molecule has 1 fully saturated rings. The molecule has 0 aliphatic carbocycles. The predicted octanol–water partition coefficient (Wildman–Crippen LogP) is 3.80. The number of anilines is 3. The van der Waals surface area contributed by atoms with Crippen molar-refractivity contribution in [1.29, 1.82) is 5.26 Å². The van der Waals surface area contributed by atoms with E-state index in [-0.39, 0.29) is 48.6 Å². The Morgan fingerprint density at radius 2 is 1.48 bits per heavy atom. The summed E-state index contributed by atoms with van der Waals surface area (Å²) in [4.78, 5) is 34.6. The number of nitriles is 1. The molecule has 1 aliphatic heterocycles. The highest BCUT2D eigenvalue weighted by atomic mass is 35.7. The highest BCUT2D eigenvalue weighted by Gasteiger charge is 2.31. The third-order valence-corrected chi connectivity index (χ3v) is 10.7. The summed E-state index contributed by atoms with van der Waals surface area (Å²) in [6, 6.07) is 26.6. The van der Waals surface area contributed by atoms with Gasteiger partial charge in [-0.05, 0) is 48.4 Å². The number of piperazine rings is 1. The first kappa shape index (κ1) is 40.8. The van der Waals surface area contributed by atoms with Gasteiger partial charge in [-0.15, -0.1) is 20.4 Å². The first-order valence-electron chi connectivity index (χ1n) is 16.4. The molecule has 5 aromatic rings. The van der Waals surface area contributed by atoms with Gasteiger partial charge in [-0.2, -0.15) is 9.57 Å². The predicted molar refractivity (Wildman–Crippen MR) is 200 cm³/mol. The number of sulfonamides is 1. The molecule has 0 atom stereocenters. The largest absolute Gasteiger partial charge is 0.465 e. The first-order valence-corrected chi connectivity index (χ1v) is 20.1. The van der Waals surface area contributed by atoms with E-state index in [0.29, 0.717) is 24.7 Å². The van der Waals surface area contributed by atoms with Crippen LogP contribution in [0.4, 0.5) is 27.2 Å².